The molecule has 0 aliphatic carbocycles. The highest BCUT2D eigenvalue weighted by atomic mass is 16.6. The summed E-state index contributed by atoms with van der Waals surface area (Å²) in [6.45, 7) is 11.3. The van der Waals surface area contributed by atoms with Crippen molar-refractivity contribution in [2.75, 3.05) is 6.54 Å². The number of hydrogen-bond acceptors (Lipinski definition) is 4. The molecule has 0 bridgehead atoms. The third-order valence-electron chi connectivity index (χ3n) is 2.08. The van der Waals surface area contributed by atoms with Crippen molar-refractivity contribution in [2.45, 2.75) is 32.9 Å². The molecule has 0 radical (unpaired) electrons. The zero-order valence-electron chi connectivity index (χ0n) is 10.4. The summed E-state index contributed by atoms with van der Waals surface area (Å²) in [5.74, 6) is -0.137. The number of nitrogens with one attached hydrogen (secondary N) is 1. The van der Waals surface area contributed by atoms with Crippen LogP contribution < -0.4 is 5.32 Å². The predicted molar refractivity (Wildman–Crippen MR) is 65.8 cm³/mol. The molecule has 94 valence electrons. The Hall–Kier alpha value is -1.69. The van der Waals surface area contributed by atoms with E-state index >= 15 is 0 Å². The minimum absolute atomic E-state index is 0.0316. The number of nitrogens with zero attached hydrogens (tertiary/aromatic N) is 3. The Kier molecular flexibility index (Phi) is 4.01. The molecule has 0 saturated heterocycles. The minimum atomic E-state index is -0.507. The van der Waals surface area contributed by atoms with Crippen LogP contribution in [0.3, 0.4) is 0 Å². The number of aromatic nitrogens is 2. The number of rotatable bonds is 5. The van der Waals surface area contributed by atoms with Crippen LogP contribution in [0.15, 0.2) is 24.7 Å². The molecular weight excluding hydrogens is 220 g/mol. The molecule has 1 rings (SSSR count). The molecule has 6 heteroatoms. The first kappa shape index (κ1) is 13.4. The average Bonchev–Trinajstić information content (AvgIpc) is 2.62. The van der Waals surface area contributed by atoms with Gasteiger partial charge in [0.1, 0.15) is 6.20 Å². The van der Waals surface area contributed by atoms with Gasteiger partial charge in [0, 0.05) is 18.6 Å². The van der Waals surface area contributed by atoms with Gasteiger partial charge in [0.2, 0.25) is 6.33 Å². The van der Waals surface area contributed by atoms with Crippen molar-refractivity contribution in [2.24, 2.45) is 0 Å². The van der Waals surface area contributed by atoms with Crippen LogP contribution >= 0.6 is 0 Å². The van der Waals surface area contributed by atoms with Gasteiger partial charge in [0.05, 0.1) is 0 Å². The van der Waals surface area contributed by atoms with Crippen LogP contribution in [0.1, 0.15) is 20.8 Å². The van der Waals surface area contributed by atoms with E-state index in [1.54, 1.807) is 4.57 Å². The molecule has 1 heterocycles. The maximum atomic E-state index is 10.5. The lowest BCUT2D eigenvalue weighted by atomic mass is 10.1. The molecule has 1 aromatic heterocycles. The van der Waals surface area contributed by atoms with Crippen LogP contribution in [0.2, 0.25) is 0 Å². The molecule has 6 nitrogen and oxygen atoms in total. The highest BCUT2D eigenvalue weighted by Gasteiger charge is 2.12. The van der Waals surface area contributed by atoms with Crippen molar-refractivity contribution in [3.05, 3.63) is 34.8 Å². The van der Waals surface area contributed by atoms with E-state index in [9.17, 15) is 10.1 Å². The summed E-state index contributed by atoms with van der Waals surface area (Å²) in [5.41, 5.74) is 0.983. The maximum absolute atomic E-state index is 10.5. The molecule has 0 spiro atoms. The van der Waals surface area contributed by atoms with Crippen LogP contribution in [0.4, 0.5) is 5.82 Å². The van der Waals surface area contributed by atoms with Gasteiger partial charge in [0.15, 0.2) is 0 Å². The van der Waals surface area contributed by atoms with E-state index in [1.165, 1.54) is 12.5 Å². The Morgan fingerprint density at radius 1 is 1.65 bits per heavy atom. The smallest absolute Gasteiger partial charge is 0.358 e. The highest BCUT2D eigenvalue weighted by molar-refractivity contribution is 5.13. The van der Waals surface area contributed by atoms with Crippen molar-refractivity contribution >= 4 is 5.82 Å². The quantitative estimate of drug-likeness (QED) is 0.481. The fraction of sp³-hybridized carbons (Fsp3) is 0.545. The summed E-state index contributed by atoms with van der Waals surface area (Å²) in [7, 11) is 0. The average molecular weight is 238 g/mol. The molecule has 0 unspecified atom stereocenters. The Labute approximate surface area is 101 Å². The van der Waals surface area contributed by atoms with E-state index in [0.29, 0.717) is 13.1 Å². The molecule has 1 N–H and O–H groups in total. The van der Waals surface area contributed by atoms with Crippen LogP contribution in [-0.2, 0) is 6.54 Å². The van der Waals surface area contributed by atoms with Crippen molar-refractivity contribution < 1.29 is 4.92 Å². The topological polar surface area (TPSA) is 73.0 Å². The second-order valence-corrected chi connectivity index (χ2v) is 5.01. The Bertz CT molecular complexity index is 417. The summed E-state index contributed by atoms with van der Waals surface area (Å²) in [6.07, 6.45) is 2.85. The van der Waals surface area contributed by atoms with E-state index in [0.717, 1.165) is 5.57 Å². The largest absolute Gasteiger partial charge is 0.381 e. The third kappa shape index (κ3) is 4.78. The number of hydrogen-bond donors (Lipinski definition) is 1. The molecule has 0 aromatic carbocycles. The van der Waals surface area contributed by atoms with Gasteiger partial charge in [-0.05, 0) is 36.3 Å². The van der Waals surface area contributed by atoms with Crippen molar-refractivity contribution in [3.63, 3.8) is 0 Å². The third-order valence-corrected chi connectivity index (χ3v) is 2.08. The van der Waals surface area contributed by atoms with Gasteiger partial charge >= 0.3 is 5.82 Å². The SMILES string of the molecule is C=C(CNC(C)(C)C)Cn1cnc([N+](=O)[O-])c1. The zero-order chi connectivity index (χ0) is 13.1. The zero-order valence-corrected chi connectivity index (χ0v) is 10.4. The molecule has 0 amide bonds. The molecule has 0 saturated carbocycles. The van der Waals surface area contributed by atoms with Crippen molar-refractivity contribution in [1.82, 2.24) is 14.9 Å². The highest BCUT2D eigenvalue weighted by Crippen LogP contribution is 2.08. The van der Waals surface area contributed by atoms with Gasteiger partial charge < -0.3 is 20.0 Å². The standard InChI is InChI=1S/C11H18N4O2/c1-9(5-13-11(2,3)4)6-14-7-10(12-8-14)15(16)17/h7-8,13H,1,5-6H2,2-4H3. The maximum Gasteiger partial charge on any atom is 0.381 e. The van der Waals surface area contributed by atoms with Crippen LogP contribution in [0, 0.1) is 10.1 Å². The fourth-order valence-corrected chi connectivity index (χ4v) is 1.23. The second kappa shape index (κ2) is 5.09. The Balaban J connectivity index is 2.48. The summed E-state index contributed by atoms with van der Waals surface area (Å²) >= 11 is 0. The van der Waals surface area contributed by atoms with Crippen LogP contribution in [0.25, 0.3) is 0 Å². The molecule has 0 aliphatic heterocycles. The van der Waals surface area contributed by atoms with Crippen molar-refractivity contribution in [3.8, 4) is 0 Å². The molecule has 0 atom stereocenters. The summed E-state index contributed by atoms with van der Waals surface area (Å²) in [4.78, 5) is 13.6. The lowest BCUT2D eigenvalue weighted by molar-refractivity contribution is -0.389. The van der Waals surface area contributed by atoms with E-state index in [-0.39, 0.29) is 11.4 Å². The monoisotopic (exact) mass is 238 g/mol. The molecule has 0 fully saturated rings. The van der Waals surface area contributed by atoms with E-state index < -0.39 is 4.92 Å². The fourth-order valence-electron chi connectivity index (χ4n) is 1.23. The lowest BCUT2D eigenvalue weighted by Gasteiger charge is -2.21. The molecule has 17 heavy (non-hydrogen) atoms. The first-order valence-corrected chi connectivity index (χ1v) is 5.36. The first-order chi connectivity index (χ1) is 7.78. The van der Waals surface area contributed by atoms with Gasteiger partial charge in [-0.15, -0.1) is 0 Å². The predicted octanol–water partition coefficient (Wildman–Crippen LogP) is 1.74. The van der Waals surface area contributed by atoms with E-state index in [1.807, 2.05) is 0 Å². The molecule has 0 aliphatic rings. The minimum Gasteiger partial charge on any atom is -0.358 e. The van der Waals surface area contributed by atoms with Gasteiger partial charge in [-0.3, -0.25) is 0 Å². The van der Waals surface area contributed by atoms with Gasteiger partial charge in [-0.25, -0.2) is 0 Å². The second-order valence-electron chi connectivity index (χ2n) is 5.01. The first-order valence-electron chi connectivity index (χ1n) is 5.36. The summed E-state index contributed by atoms with van der Waals surface area (Å²) < 4.78 is 1.66. The van der Waals surface area contributed by atoms with Crippen molar-refractivity contribution in [1.29, 1.82) is 0 Å². The summed E-state index contributed by atoms with van der Waals surface area (Å²) in [6, 6.07) is 0. The lowest BCUT2D eigenvalue weighted by Crippen LogP contribution is -2.37. The van der Waals surface area contributed by atoms with Crippen LogP contribution in [-0.4, -0.2) is 26.6 Å². The normalized spacial score (nSPS) is 11.5. The number of imidazole rings is 1. The van der Waals surface area contributed by atoms with E-state index in [4.69, 9.17) is 0 Å². The van der Waals surface area contributed by atoms with Gasteiger partial charge in [0.25, 0.3) is 0 Å². The Morgan fingerprint density at radius 2 is 2.29 bits per heavy atom. The summed E-state index contributed by atoms with van der Waals surface area (Å²) in [5, 5.41) is 13.8. The van der Waals surface area contributed by atoms with Gasteiger partial charge in [-0.1, -0.05) is 6.58 Å². The number of nitro groups is 1. The van der Waals surface area contributed by atoms with E-state index in [2.05, 4.69) is 37.7 Å². The van der Waals surface area contributed by atoms with Crippen LogP contribution in [0.5, 0.6) is 0 Å². The van der Waals surface area contributed by atoms with Gasteiger partial charge in [-0.2, -0.15) is 0 Å². The molecular formula is C11H18N4O2. The Morgan fingerprint density at radius 3 is 2.76 bits per heavy atom. The molecule has 1 aromatic rings.